The molecule has 2 N–H and O–H groups in total. The molecule has 1 saturated carbocycles. The Kier molecular flexibility index (Phi) is 4.10. The van der Waals surface area contributed by atoms with E-state index in [0.29, 0.717) is 23.6 Å². The molecule has 0 amide bonds. The molecule has 1 unspecified atom stereocenters. The van der Waals surface area contributed by atoms with E-state index in [1.165, 1.54) is 0 Å². The molecule has 17 heavy (non-hydrogen) atoms. The average Bonchev–Trinajstić information content (AvgIpc) is 2.28. The van der Waals surface area contributed by atoms with E-state index in [0.717, 1.165) is 38.5 Å². The standard InChI is InChI=1S/C12H24N2O2S/c1-14(11-6-4-10(13)5-7-11)12-3-2-8-17(15,16)9-12/h10-12H,2-9,13H2,1H3. The zero-order chi connectivity index (χ0) is 12.5. The Morgan fingerprint density at radius 2 is 1.71 bits per heavy atom. The van der Waals surface area contributed by atoms with E-state index in [4.69, 9.17) is 5.73 Å². The monoisotopic (exact) mass is 260 g/mol. The fourth-order valence-corrected chi connectivity index (χ4v) is 4.89. The minimum Gasteiger partial charge on any atom is -0.328 e. The van der Waals surface area contributed by atoms with Crippen molar-refractivity contribution in [3.8, 4) is 0 Å². The minimum atomic E-state index is -2.79. The molecule has 0 aromatic heterocycles. The van der Waals surface area contributed by atoms with Crippen LogP contribution in [0.2, 0.25) is 0 Å². The van der Waals surface area contributed by atoms with Crippen LogP contribution in [0, 0.1) is 0 Å². The molecule has 2 fully saturated rings. The molecule has 1 aliphatic carbocycles. The van der Waals surface area contributed by atoms with Crippen LogP contribution >= 0.6 is 0 Å². The third-order valence-corrected chi connectivity index (χ3v) is 6.14. The van der Waals surface area contributed by atoms with Gasteiger partial charge in [0, 0.05) is 18.1 Å². The van der Waals surface area contributed by atoms with Crippen molar-refractivity contribution in [3.05, 3.63) is 0 Å². The van der Waals surface area contributed by atoms with Gasteiger partial charge in [0.25, 0.3) is 0 Å². The topological polar surface area (TPSA) is 63.4 Å². The number of nitrogens with two attached hydrogens (primary N) is 1. The molecule has 0 bridgehead atoms. The third kappa shape index (κ3) is 3.42. The predicted molar refractivity (Wildman–Crippen MR) is 69.7 cm³/mol. The van der Waals surface area contributed by atoms with Gasteiger partial charge >= 0.3 is 0 Å². The number of hydrogen-bond acceptors (Lipinski definition) is 4. The van der Waals surface area contributed by atoms with Gasteiger partial charge in [-0.15, -0.1) is 0 Å². The van der Waals surface area contributed by atoms with Crippen LogP contribution in [0.1, 0.15) is 38.5 Å². The number of sulfone groups is 1. The van der Waals surface area contributed by atoms with E-state index in [1.54, 1.807) is 0 Å². The summed E-state index contributed by atoms with van der Waals surface area (Å²) in [6.07, 6.45) is 6.24. The fraction of sp³-hybridized carbons (Fsp3) is 1.00. The lowest BCUT2D eigenvalue weighted by atomic mass is 9.90. The maximum Gasteiger partial charge on any atom is 0.151 e. The maximum atomic E-state index is 11.7. The van der Waals surface area contributed by atoms with Gasteiger partial charge in [0.15, 0.2) is 9.84 Å². The van der Waals surface area contributed by atoms with Gasteiger partial charge in [-0.2, -0.15) is 0 Å². The highest BCUT2D eigenvalue weighted by molar-refractivity contribution is 7.91. The molecular weight excluding hydrogens is 236 g/mol. The summed E-state index contributed by atoms with van der Waals surface area (Å²) in [5, 5.41) is 0. The quantitative estimate of drug-likeness (QED) is 0.796. The lowest BCUT2D eigenvalue weighted by molar-refractivity contribution is 0.134. The van der Waals surface area contributed by atoms with Crippen molar-refractivity contribution < 1.29 is 8.42 Å². The fourth-order valence-electron chi connectivity index (χ4n) is 3.13. The molecule has 1 heterocycles. The third-order valence-electron chi connectivity index (χ3n) is 4.33. The first kappa shape index (κ1) is 13.3. The van der Waals surface area contributed by atoms with Crippen molar-refractivity contribution in [1.29, 1.82) is 0 Å². The van der Waals surface area contributed by atoms with Gasteiger partial charge in [-0.25, -0.2) is 8.42 Å². The largest absolute Gasteiger partial charge is 0.328 e. The molecule has 2 aliphatic rings. The molecule has 4 nitrogen and oxygen atoms in total. The first-order chi connectivity index (χ1) is 7.98. The van der Waals surface area contributed by atoms with Crippen LogP contribution in [0.4, 0.5) is 0 Å². The van der Waals surface area contributed by atoms with Crippen LogP contribution in [0.5, 0.6) is 0 Å². The second-order valence-electron chi connectivity index (χ2n) is 5.64. The smallest absolute Gasteiger partial charge is 0.151 e. The summed E-state index contributed by atoms with van der Waals surface area (Å²) in [4.78, 5) is 2.31. The highest BCUT2D eigenvalue weighted by Gasteiger charge is 2.32. The van der Waals surface area contributed by atoms with Crippen molar-refractivity contribution in [2.24, 2.45) is 5.73 Å². The summed E-state index contributed by atoms with van der Waals surface area (Å²) in [6.45, 7) is 0. The second kappa shape index (κ2) is 5.24. The van der Waals surface area contributed by atoms with Gasteiger partial charge in [-0.3, -0.25) is 4.90 Å². The molecule has 5 heteroatoms. The van der Waals surface area contributed by atoms with Gasteiger partial charge in [-0.1, -0.05) is 0 Å². The Hall–Kier alpha value is -0.130. The summed E-state index contributed by atoms with van der Waals surface area (Å²) in [6, 6.07) is 1.12. The Labute approximate surface area is 104 Å². The summed E-state index contributed by atoms with van der Waals surface area (Å²) >= 11 is 0. The van der Waals surface area contributed by atoms with Crippen molar-refractivity contribution in [2.45, 2.75) is 56.7 Å². The van der Waals surface area contributed by atoms with Crippen LogP contribution in [-0.4, -0.2) is 50.0 Å². The van der Waals surface area contributed by atoms with Crippen LogP contribution in [0.25, 0.3) is 0 Å². The van der Waals surface area contributed by atoms with Gasteiger partial charge < -0.3 is 5.73 Å². The first-order valence-electron chi connectivity index (χ1n) is 6.66. The average molecular weight is 260 g/mol. The predicted octanol–water partition coefficient (Wildman–Crippen LogP) is 0.765. The molecule has 1 atom stereocenters. The summed E-state index contributed by atoms with van der Waals surface area (Å²) in [5.41, 5.74) is 5.90. The van der Waals surface area contributed by atoms with Gasteiger partial charge in [0.1, 0.15) is 0 Å². The summed E-state index contributed by atoms with van der Waals surface area (Å²) in [5.74, 6) is 0.735. The highest BCUT2D eigenvalue weighted by Crippen LogP contribution is 2.26. The Morgan fingerprint density at radius 3 is 2.29 bits per heavy atom. The normalized spacial score (nSPS) is 38.2. The minimum absolute atomic E-state index is 0.230. The summed E-state index contributed by atoms with van der Waals surface area (Å²) < 4.78 is 23.3. The first-order valence-corrected chi connectivity index (χ1v) is 8.48. The molecule has 0 aromatic carbocycles. The van der Waals surface area contributed by atoms with Gasteiger partial charge in [-0.05, 0) is 45.6 Å². The lowest BCUT2D eigenvalue weighted by Crippen LogP contribution is -2.48. The van der Waals surface area contributed by atoms with Gasteiger partial charge in [0.05, 0.1) is 11.5 Å². The van der Waals surface area contributed by atoms with Crippen LogP contribution in [-0.2, 0) is 9.84 Å². The van der Waals surface area contributed by atoms with Crippen molar-refractivity contribution in [1.82, 2.24) is 4.90 Å². The SMILES string of the molecule is CN(C1CCC(N)CC1)C1CCCS(=O)(=O)C1. The van der Waals surface area contributed by atoms with E-state index in [-0.39, 0.29) is 6.04 Å². The molecule has 2 rings (SSSR count). The molecular formula is C12H24N2O2S. The lowest BCUT2D eigenvalue weighted by Gasteiger charge is -2.39. The van der Waals surface area contributed by atoms with E-state index < -0.39 is 9.84 Å². The number of hydrogen-bond donors (Lipinski definition) is 1. The van der Waals surface area contributed by atoms with Crippen LogP contribution in [0.3, 0.4) is 0 Å². The molecule has 1 saturated heterocycles. The maximum absolute atomic E-state index is 11.7. The van der Waals surface area contributed by atoms with E-state index in [9.17, 15) is 8.42 Å². The highest BCUT2D eigenvalue weighted by atomic mass is 32.2. The number of nitrogens with zero attached hydrogens (tertiary/aromatic N) is 1. The van der Waals surface area contributed by atoms with Gasteiger partial charge in [0.2, 0.25) is 0 Å². The zero-order valence-corrected chi connectivity index (χ0v) is 11.5. The van der Waals surface area contributed by atoms with Crippen LogP contribution in [0.15, 0.2) is 0 Å². The Balaban J connectivity index is 1.93. The van der Waals surface area contributed by atoms with E-state index in [1.807, 2.05) is 0 Å². The number of rotatable bonds is 2. The molecule has 0 spiro atoms. The Bertz CT molecular complexity index is 348. The second-order valence-corrected chi connectivity index (χ2v) is 7.87. The van der Waals surface area contributed by atoms with Crippen molar-refractivity contribution in [2.75, 3.05) is 18.6 Å². The van der Waals surface area contributed by atoms with Crippen LogP contribution < -0.4 is 5.73 Å². The molecule has 0 aromatic rings. The Morgan fingerprint density at radius 1 is 1.06 bits per heavy atom. The van der Waals surface area contributed by atoms with E-state index in [2.05, 4.69) is 11.9 Å². The molecule has 100 valence electrons. The zero-order valence-electron chi connectivity index (χ0n) is 10.6. The summed E-state index contributed by atoms with van der Waals surface area (Å²) in [7, 11) is -0.702. The van der Waals surface area contributed by atoms with Crippen molar-refractivity contribution >= 4 is 9.84 Å². The van der Waals surface area contributed by atoms with E-state index >= 15 is 0 Å². The van der Waals surface area contributed by atoms with Crippen molar-refractivity contribution in [3.63, 3.8) is 0 Å². The molecule has 0 radical (unpaired) electrons. The molecule has 1 aliphatic heterocycles.